The van der Waals surface area contributed by atoms with E-state index in [-0.39, 0.29) is 5.91 Å². The quantitative estimate of drug-likeness (QED) is 0.348. The van der Waals surface area contributed by atoms with Gasteiger partial charge in [-0.25, -0.2) is 9.67 Å². The smallest absolute Gasteiger partial charge is 0.254 e. The molecule has 1 amide bonds. The molecule has 0 saturated heterocycles. The molecule has 0 radical (unpaired) electrons. The molecule has 4 rings (SSSR count). The number of aryl methyl sites for hydroxylation is 2. The van der Waals surface area contributed by atoms with Crippen LogP contribution in [0.15, 0.2) is 54.6 Å². The highest BCUT2D eigenvalue weighted by Gasteiger charge is 2.20. The van der Waals surface area contributed by atoms with E-state index in [0.29, 0.717) is 25.3 Å². The summed E-state index contributed by atoms with van der Waals surface area (Å²) in [5.41, 5.74) is 5.20. The summed E-state index contributed by atoms with van der Waals surface area (Å²) in [6.45, 7) is 5.24. The Kier molecular flexibility index (Phi) is 7.55. The van der Waals surface area contributed by atoms with Gasteiger partial charge >= 0.3 is 0 Å². The molecule has 0 unspecified atom stereocenters. The molecular formula is C28H33N5O3. The van der Waals surface area contributed by atoms with E-state index in [0.717, 1.165) is 45.1 Å². The van der Waals surface area contributed by atoms with Crippen LogP contribution in [0.3, 0.4) is 0 Å². The highest BCUT2D eigenvalue weighted by atomic mass is 16.5. The first kappa shape index (κ1) is 25.2. The average Bonchev–Trinajstić information content (AvgIpc) is 3.22. The number of fused-ring (bicyclic) bond motifs is 1. The van der Waals surface area contributed by atoms with Gasteiger partial charge in [0, 0.05) is 62.6 Å². The first-order chi connectivity index (χ1) is 17.3. The second-order valence-corrected chi connectivity index (χ2v) is 9.03. The number of carbonyl (C=O) groups is 1. The van der Waals surface area contributed by atoms with Crippen LogP contribution in [-0.4, -0.2) is 67.0 Å². The molecule has 0 N–H and O–H groups in total. The molecule has 36 heavy (non-hydrogen) atoms. The molecular weight excluding hydrogens is 454 g/mol. The maximum atomic E-state index is 13.7. The second-order valence-electron chi connectivity index (χ2n) is 9.03. The highest BCUT2D eigenvalue weighted by molar-refractivity contribution is 5.95. The number of benzene rings is 2. The Hall–Kier alpha value is -3.91. The van der Waals surface area contributed by atoms with E-state index >= 15 is 0 Å². The molecule has 0 aliphatic carbocycles. The fourth-order valence-corrected chi connectivity index (χ4v) is 4.31. The van der Waals surface area contributed by atoms with Gasteiger partial charge in [0.2, 0.25) is 0 Å². The van der Waals surface area contributed by atoms with Crippen molar-refractivity contribution in [3.8, 4) is 11.4 Å². The first-order valence-corrected chi connectivity index (χ1v) is 11.9. The van der Waals surface area contributed by atoms with Gasteiger partial charge in [0.05, 0.1) is 30.6 Å². The van der Waals surface area contributed by atoms with Crippen molar-refractivity contribution in [2.45, 2.75) is 20.4 Å². The van der Waals surface area contributed by atoms with Crippen LogP contribution < -0.4 is 9.64 Å². The van der Waals surface area contributed by atoms with Gasteiger partial charge in [0.25, 0.3) is 5.91 Å². The number of hydrogen-bond acceptors (Lipinski definition) is 6. The molecule has 0 aliphatic heterocycles. The Morgan fingerprint density at radius 3 is 2.50 bits per heavy atom. The Morgan fingerprint density at radius 2 is 1.83 bits per heavy atom. The van der Waals surface area contributed by atoms with E-state index in [1.807, 2.05) is 91.0 Å². The summed E-state index contributed by atoms with van der Waals surface area (Å²) in [6, 6.07) is 17.5. The van der Waals surface area contributed by atoms with Gasteiger partial charge in [-0.3, -0.25) is 4.79 Å². The lowest BCUT2D eigenvalue weighted by Crippen LogP contribution is -2.34. The SMILES string of the molecule is COCCN(Cc1cc2ccc(OC)cc2nc1N(C)C)C(=O)c1cccc(-n2nc(C)cc2C)c1. The maximum Gasteiger partial charge on any atom is 0.254 e. The standard InChI is InChI=1S/C28H33N5O3/c1-19-14-20(2)33(30-19)24-9-7-8-22(16-24)28(34)32(12-13-35-5)18-23-15-21-10-11-25(36-6)17-26(21)29-27(23)31(3)4/h7-11,14-17H,12-13,18H2,1-6H3. The molecule has 2 aromatic carbocycles. The molecule has 2 aromatic heterocycles. The summed E-state index contributed by atoms with van der Waals surface area (Å²) in [5.74, 6) is 1.49. The summed E-state index contributed by atoms with van der Waals surface area (Å²) in [5, 5.41) is 5.55. The number of ether oxygens (including phenoxy) is 2. The predicted molar refractivity (Wildman–Crippen MR) is 142 cm³/mol. The van der Waals surface area contributed by atoms with Crippen LogP contribution in [-0.2, 0) is 11.3 Å². The van der Waals surface area contributed by atoms with Crippen LogP contribution in [0.1, 0.15) is 27.3 Å². The number of nitrogens with zero attached hydrogens (tertiary/aromatic N) is 5. The lowest BCUT2D eigenvalue weighted by molar-refractivity contribution is 0.0680. The summed E-state index contributed by atoms with van der Waals surface area (Å²) < 4.78 is 12.6. The minimum atomic E-state index is -0.0741. The molecule has 0 spiro atoms. The molecule has 0 atom stereocenters. The first-order valence-electron chi connectivity index (χ1n) is 11.9. The number of amides is 1. The van der Waals surface area contributed by atoms with Crippen molar-refractivity contribution < 1.29 is 14.3 Å². The summed E-state index contributed by atoms with van der Waals surface area (Å²) in [4.78, 5) is 22.4. The Labute approximate surface area is 212 Å². The molecule has 4 aromatic rings. The zero-order valence-corrected chi connectivity index (χ0v) is 21.8. The van der Waals surface area contributed by atoms with Crippen molar-refractivity contribution in [2.75, 3.05) is 46.4 Å². The number of pyridine rings is 1. The number of hydrogen-bond donors (Lipinski definition) is 0. The third-order valence-corrected chi connectivity index (χ3v) is 6.07. The minimum Gasteiger partial charge on any atom is -0.497 e. The zero-order chi connectivity index (χ0) is 25.8. The van der Waals surface area contributed by atoms with Crippen LogP contribution >= 0.6 is 0 Å². The van der Waals surface area contributed by atoms with Crippen molar-refractivity contribution in [1.82, 2.24) is 19.7 Å². The third kappa shape index (κ3) is 5.33. The molecule has 8 nitrogen and oxygen atoms in total. The summed E-state index contributed by atoms with van der Waals surface area (Å²) >= 11 is 0. The van der Waals surface area contributed by atoms with Gasteiger partial charge in [-0.2, -0.15) is 5.10 Å². The van der Waals surface area contributed by atoms with Crippen molar-refractivity contribution in [3.05, 3.63) is 77.1 Å². The Morgan fingerprint density at radius 1 is 1.03 bits per heavy atom. The van der Waals surface area contributed by atoms with Gasteiger partial charge in [0.1, 0.15) is 11.6 Å². The Balaban J connectivity index is 1.70. The van der Waals surface area contributed by atoms with Crippen LogP contribution in [0.25, 0.3) is 16.6 Å². The fraction of sp³-hybridized carbons (Fsp3) is 0.321. The van der Waals surface area contributed by atoms with Gasteiger partial charge in [-0.15, -0.1) is 0 Å². The monoisotopic (exact) mass is 487 g/mol. The number of rotatable bonds is 9. The normalized spacial score (nSPS) is 11.1. The van der Waals surface area contributed by atoms with E-state index in [1.54, 1.807) is 14.2 Å². The van der Waals surface area contributed by atoms with E-state index in [1.165, 1.54) is 0 Å². The summed E-state index contributed by atoms with van der Waals surface area (Å²) in [7, 11) is 7.20. The lowest BCUT2D eigenvalue weighted by Gasteiger charge is -2.26. The summed E-state index contributed by atoms with van der Waals surface area (Å²) in [6.07, 6.45) is 0. The van der Waals surface area contributed by atoms with Crippen molar-refractivity contribution in [3.63, 3.8) is 0 Å². The van der Waals surface area contributed by atoms with E-state index in [9.17, 15) is 4.79 Å². The van der Waals surface area contributed by atoms with Gasteiger partial charge in [0.15, 0.2) is 0 Å². The van der Waals surface area contributed by atoms with E-state index < -0.39 is 0 Å². The van der Waals surface area contributed by atoms with Crippen LogP contribution in [0.2, 0.25) is 0 Å². The van der Waals surface area contributed by atoms with Crippen LogP contribution in [0.5, 0.6) is 5.75 Å². The molecule has 0 aliphatic rings. The minimum absolute atomic E-state index is 0.0741. The number of carbonyl (C=O) groups excluding carboxylic acids is 1. The Bertz CT molecular complexity index is 1380. The number of anilines is 1. The molecule has 0 saturated carbocycles. The predicted octanol–water partition coefficient (Wildman–Crippen LogP) is 4.40. The van der Waals surface area contributed by atoms with Crippen molar-refractivity contribution >= 4 is 22.6 Å². The molecule has 8 heteroatoms. The highest BCUT2D eigenvalue weighted by Crippen LogP contribution is 2.27. The second kappa shape index (κ2) is 10.8. The van der Waals surface area contributed by atoms with Crippen molar-refractivity contribution in [1.29, 1.82) is 0 Å². The van der Waals surface area contributed by atoms with Crippen LogP contribution in [0.4, 0.5) is 5.82 Å². The molecule has 188 valence electrons. The molecule has 0 fully saturated rings. The number of methoxy groups -OCH3 is 2. The van der Waals surface area contributed by atoms with Crippen LogP contribution in [0, 0.1) is 13.8 Å². The van der Waals surface area contributed by atoms with Gasteiger partial charge in [-0.05, 0) is 56.3 Å². The molecule has 2 heterocycles. The largest absolute Gasteiger partial charge is 0.497 e. The molecule has 0 bridgehead atoms. The van der Waals surface area contributed by atoms with E-state index in [4.69, 9.17) is 14.5 Å². The topological polar surface area (TPSA) is 72.7 Å². The van der Waals surface area contributed by atoms with Gasteiger partial charge < -0.3 is 19.3 Å². The third-order valence-electron chi connectivity index (χ3n) is 6.07. The lowest BCUT2D eigenvalue weighted by atomic mass is 10.1. The number of aromatic nitrogens is 3. The fourth-order valence-electron chi connectivity index (χ4n) is 4.31. The van der Waals surface area contributed by atoms with Gasteiger partial charge in [-0.1, -0.05) is 6.07 Å². The average molecular weight is 488 g/mol. The van der Waals surface area contributed by atoms with E-state index in [2.05, 4.69) is 11.2 Å². The zero-order valence-electron chi connectivity index (χ0n) is 21.8. The van der Waals surface area contributed by atoms with Crippen molar-refractivity contribution in [2.24, 2.45) is 0 Å². The maximum absolute atomic E-state index is 13.7.